The van der Waals surface area contributed by atoms with Gasteiger partial charge >= 0.3 is 12.4 Å². The Hall–Kier alpha value is -0.970. The summed E-state index contributed by atoms with van der Waals surface area (Å²) in [6.45, 7) is 0.537. The Morgan fingerprint density at radius 2 is 1.68 bits per heavy atom. The lowest BCUT2D eigenvalue weighted by Gasteiger charge is -2.32. The lowest BCUT2D eigenvalue weighted by Crippen LogP contribution is -2.45. The summed E-state index contributed by atoms with van der Waals surface area (Å²) < 4.78 is 83.0. The summed E-state index contributed by atoms with van der Waals surface area (Å²) in [4.78, 5) is 7.81. The van der Waals surface area contributed by atoms with Crippen molar-refractivity contribution in [3.8, 4) is 0 Å². The molecule has 1 fully saturated rings. The Morgan fingerprint density at radius 1 is 1.10 bits per heavy atom. The summed E-state index contributed by atoms with van der Waals surface area (Å²) in [6.07, 6.45) is -9.03. The molecular formula is C18H13BrCl3F6N3. The van der Waals surface area contributed by atoms with Gasteiger partial charge in [-0.15, -0.1) is 0 Å². The molecule has 2 atom stereocenters. The van der Waals surface area contributed by atoms with Crippen molar-refractivity contribution in [3.63, 3.8) is 0 Å². The highest BCUT2D eigenvalue weighted by atomic mass is 79.9. The molecule has 13 heteroatoms. The number of alkyl halides is 7. The Morgan fingerprint density at radius 3 is 2.16 bits per heavy atom. The minimum atomic E-state index is -4.80. The number of hydrogen-bond donors (Lipinski definition) is 0. The lowest BCUT2D eigenvalue weighted by atomic mass is 9.79. The van der Waals surface area contributed by atoms with Crippen molar-refractivity contribution in [2.75, 3.05) is 18.0 Å². The highest BCUT2D eigenvalue weighted by molar-refractivity contribution is 9.09. The summed E-state index contributed by atoms with van der Waals surface area (Å²) in [5.41, 5.74) is -4.09. The van der Waals surface area contributed by atoms with E-state index in [1.807, 2.05) is 0 Å². The maximum absolute atomic E-state index is 14.2. The van der Waals surface area contributed by atoms with Crippen molar-refractivity contribution in [1.82, 2.24) is 9.97 Å². The molecule has 3 rings (SSSR count). The SMILES string of the molecule is CC(Br)c1cnc(N2CCC(c3cc(Cl)c(Cl)c(Cl)c3)(C(F)(F)F)C2)nc1C(F)(F)F. The predicted octanol–water partition coefficient (Wildman–Crippen LogP) is 7.62. The van der Waals surface area contributed by atoms with Crippen molar-refractivity contribution < 1.29 is 26.3 Å². The third-order valence-electron chi connectivity index (χ3n) is 5.13. The largest absolute Gasteiger partial charge is 0.433 e. The molecule has 0 amide bonds. The summed E-state index contributed by atoms with van der Waals surface area (Å²) in [6, 6.07) is 2.15. The first-order valence-electron chi connectivity index (χ1n) is 8.72. The molecule has 31 heavy (non-hydrogen) atoms. The van der Waals surface area contributed by atoms with Gasteiger partial charge in [0.25, 0.3) is 0 Å². The molecule has 2 aromatic rings. The molecule has 0 saturated carbocycles. The van der Waals surface area contributed by atoms with E-state index in [4.69, 9.17) is 34.8 Å². The van der Waals surface area contributed by atoms with E-state index >= 15 is 0 Å². The summed E-state index contributed by atoms with van der Waals surface area (Å²) in [7, 11) is 0. The standard InChI is InChI=1S/C18H13BrCl3F6N3/c1-8(19)10-6-29-15(30-14(10)17(23,24)25)31-3-2-16(7-31,18(26,27)28)9-4-11(20)13(22)12(21)5-9/h4-6,8H,2-3,7H2,1H3. The number of halogens is 10. The summed E-state index contributed by atoms with van der Waals surface area (Å²) in [5.74, 6) is -0.443. The molecule has 1 aromatic carbocycles. The molecule has 0 bridgehead atoms. The van der Waals surface area contributed by atoms with Crippen LogP contribution in [-0.4, -0.2) is 29.2 Å². The van der Waals surface area contributed by atoms with E-state index in [-0.39, 0.29) is 32.7 Å². The van der Waals surface area contributed by atoms with E-state index in [2.05, 4.69) is 25.9 Å². The van der Waals surface area contributed by atoms with Gasteiger partial charge in [0.2, 0.25) is 5.95 Å². The normalized spacial score (nSPS) is 20.9. The smallest absolute Gasteiger partial charge is 0.340 e. The van der Waals surface area contributed by atoms with Gasteiger partial charge in [0, 0.05) is 29.7 Å². The molecule has 1 aliphatic heterocycles. The van der Waals surface area contributed by atoms with Gasteiger partial charge in [-0.1, -0.05) is 50.7 Å². The zero-order chi connectivity index (χ0) is 23.4. The Bertz CT molecular complexity index is 975. The second-order valence-electron chi connectivity index (χ2n) is 7.09. The fourth-order valence-electron chi connectivity index (χ4n) is 3.50. The number of benzene rings is 1. The van der Waals surface area contributed by atoms with Crippen LogP contribution in [0.4, 0.5) is 32.3 Å². The first-order chi connectivity index (χ1) is 14.2. The van der Waals surface area contributed by atoms with Crippen LogP contribution >= 0.6 is 50.7 Å². The molecule has 0 spiro atoms. The first-order valence-corrected chi connectivity index (χ1v) is 10.8. The zero-order valence-electron chi connectivity index (χ0n) is 15.6. The maximum atomic E-state index is 14.2. The molecule has 170 valence electrons. The zero-order valence-corrected chi connectivity index (χ0v) is 19.4. The monoisotopic (exact) mass is 569 g/mol. The molecule has 1 aromatic heterocycles. The molecule has 3 nitrogen and oxygen atoms in total. The van der Waals surface area contributed by atoms with Crippen molar-refractivity contribution in [2.24, 2.45) is 0 Å². The number of anilines is 1. The van der Waals surface area contributed by atoms with Gasteiger partial charge in [-0.05, 0) is 31.0 Å². The van der Waals surface area contributed by atoms with Gasteiger partial charge < -0.3 is 4.90 Å². The van der Waals surface area contributed by atoms with Crippen LogP contribution in [0.1, 0.15) is 35.0 Å². The molecule has 0 radical (unpaired) electrons. The van der Waals surface area contributed by atoms with Gasteiger partial charge in [0.1, 0.15) is 5.41 Å². The number of hydrogen-bond acceptors (Lipinski definition) is 3. The van der Waals surface area contributed by atoms with Crippen LogP contribution < -0.4 is 4.90 Å². The van der Waals surface area contributed by atoms with E-state index < -0.39 is 47.2 Å². The highest BCUT2D eigenvalue weighted by Gasteiger charge is 2.59. The first kappa shape index (κ1) is 24.7. The number of aromatic nitrogens is 2. The highest BCUT2D eigenvalue weighted by Crippen LogP contribution is 2.50. The van der Waals surface area contributed by atoms with Gasteiger partial charge in [-0.2, -0.15) is 26.3 Å². The maximum Gasteiger partial charge on any atom is 0.433 e. The van der Waals surface area contributed by atoms with E-state index in [9.17, 15) is 26.3 Å². The van der Waals surface area contributed by atoms with Crippen LogP contribution in [0.15, 0.2) is 18.3 Å². The van der Waals surface area contributed by atoms with Crippen LogP contribution in [0.5, 0.6) is 0 Å². The van der Waals surface area contributed by atoms with Crippen LogP contribution in [0.2, 0.25) is 15.1 Å². The molecule has 2 heterocycles. The van der Waals surface area contributed by atoms with Gasteiger partial charge in [-0.25, -0.2) is 9.97 Å². The molecule has 0 N–H and O–H groups in total. The predicted molar refractivity (Wildman–Crippen MR) is 110 cm³/mol. The van der Waals surface area contributed by atoms with Crippen molar-refractivity contribution in [1.29, 1.82) is 0 Å². The van der Waals surface area contributed by atoms with Crippen molar-refractivity contribution >= 4 is 56.7 Å². The minimum Gasteiger partial charge on any atom is -0.340 e. The van der Waals surface area contributed by atoms with Crippen LogP contribution in [0.25, 0.3) is 0 Å². The molecule has 1 saturated heterocycles. The topological polar surface area (TPSA) is 29.0 Å². The summed E-state index contributed by atoms with van der Waals surface area (Å²) in [5, 5.41) is -0.396. The third kappa shape index (κ3) is 4.58. The van der Waals surface area contributed by atoms with Gasteiger partial charge in [0.15, 0.2) is 5.69 Å². The average molecular weight is 572 g/mol. The number of rotatable bonds is 3. The average Bonchev–Trinajstić information content (AvgIpc) is 3.11. The second kappa shape index (κ2) is 8.43. The summed E-state index contributed by atoms with van der Waals surface area (Å²) >= 11 is 20.8. The van der Waals surface area contributed by atoms with E-state index in [0.717, 1.165) is 23.2 Å². The van der Waals surface area contributed by atoms with Crippen LogP contribution in [-0.2, 0) is 11.6 Å². The van der Waals surface area contributed by atoms with E-state index in [0.29, 0.717) is 0 Å². The molecule has 1 aliphatic rings. The lowest BCUT2D eigenvalue weighted by molar-refractivity contribution is -0.184. The quantitative estimate of drug-likeness (QED) is 0.216. The third-order valence-corrected chi connectivity index (χ3v) is 6.82. The van der Waals surface area contributed by atoms with E-state index in [1.54, 1.807) is 0 Å². The Balaban J connectivity index is 2.07. The molecular weight excluding hydrogens is 558 g/mol. The van der Waals surface area contributed by atoms with Gasteiger partial charge in [0.05, 0.1) is 15.1 Å². The van der Waals surface area contributed by atoms with Crippen LogP contribution in [0.3, 0.4) is 0 Å². The Labute approximate surface area is 196 Å². The minimum absolute atomic E-state index is 0.0862. The van der Waals surface area contributed by atoms with Crippen molar-refractivity contribution in [3.05, 3.63) is 50.2 Å². The fourth-order valence-corrected chi connectivity index (χ4v) is 4.43. The van der Waals surface area contributed by atoms with Gasteiger partial charge in [-0.3, -0.25) is 0 Å². The molecule has 0 aliphatic carbocycles. The van der Waals surface area contributed by atoms with Crippen molar-refractivity contribution in [2.45, 2.75) is 35.9 Å². The second-order valence-corrected chi connectivity index (χ2v) is 9.66. The number of nitrogens with zero attached hydrogens (tertiary/aromatic N) is 3. The Kier molecular flexibility index (Phi) is 6.70. The van der Waals surface area contributed by atoms with Crippen LogP contribution in [0, 0.1) is 0 Å². The molecule has 2 unspecified atom stereocenters. The fraction of sp³-hybridized carbons (Fsp3) is 0.444. The van der Waals surface area contributed by atoms with E-state index in [1.165, 1.54) is 6.92 Å².